The number of aromatic nitrogens is 5. The number of fused-ring (bicyclic) bond motifs is 1. The Morgan fingerprint density at radius 1 is 1.19 bits per heavy atom. The van der Waals surface area contributed by atoms with Gasteiger partial charge in [0.2, 0.25) is 5.95 Å². The lowest BCUT2D eigenvalue weighted by Crippen LogP contribution is -2.20. The van der Waals surface area contributed by atoms with Crippen LogP contribution in [0.25, 0.3) is 0 Å². The molecule has 9 heteroatoms. The highest BCUT2D eigenvalue weighted by molar-refractivity contribution is 7.12. The van der Waals surface area contributed by atoms with Crippen molar-refractivity contribution in [3.63, 3.8) is 0 Å². The highest BCUT2D eigenvalue weighted by Gasteiger charge is 2.35. The number of nitrogens with zero attached hydrogens (tertiary/aromatic N) is 5. The molecule has 0 amide bonds. The van der Waals surface area contributed by atoms with Crippen molar-refractivity contribution >= 4 is 34.7 Å². The van der Waals surface area contributed by atoms with Gasteiger partial charge in [-0.2, -0.15) is 5.10 Å². The van der Waals surface area contributed by atoms with Crippen molar-refractivity contribution in [2.24, 2.45) is 11.8 Å². The van der Waals surface area contributed by atoms with Crippen LogP contribution in [-0.2, 0) is 30.6 Å². The number of ketones is 2. The van der Waals surface area contributed by atoms with Crippen molar-refractivity contribution in [1.29, 1.82) is 0 Å². The number of carbonyl (C=O) groups is 2. The number of hydrogen-bond acceptors (Lipinski definition) is 7. The first-order valence-electron chi connectivity index (χ1n) is 13.4. The Balaban J connectivity index is 1.27. The summed E-state index contributed by atoms with van der Waals surface area (Å²) < 4.78 is 4.03. The largest absolute Gasteiger partial charge is 0.309 e. The van der Waals surface area contributed by atoms with Gasteiger partial charge in [-0.25, -0.2) is 4.68 Å². The van der Waals surface area contributed by atoms with E-state index >= 15 is 0 Å². The van der Waals surface area contributed by atoms with Gasteiger partial charge in [0.05, 0.1) is 5.69 Å². The number of carbonyl (C=O) groups excluding carboxylic acids is 2. The molecule has 6 rings (SSSR count). The Labute approximate surface area is 215 Å². The highest BCUT2D eigenvalue weighted by Crippen LogP contribution is 2.42. The summed E-state index contributed by atoms with van der Waals surface area (Å²) in [5.41, 5.74) is 3.00. The van der Waals surface area contributed by atoms with Gasteiger partial charge < -0.3 is 5.32 Å². The van der Waals surface area contributed by atoms with E-state index in [2.05, 4.69) is 32.1 Å². The fraction of sp³-hybridized carbons (Fsp3) is 0.593. The van der Waals surface area contributed by atoms with Crippen molar-refractivity contribution in [2.45, 2.75) is 90.6 Å². The van der Waals surface area contributed by atoms with Gasteiger partial charge in [0.1, 0.15) is 17.9 Å². The fourth-order valence-electron chi connectivity index (χ4n) is 5.48. The quantitative estimate of drug-likeness (QED) is 0.358. The van der Waals surface area contributed by atoms with Gasteiger partial charge in [0.25, 0.3) is 0 Å². The number of anilines is 2. The first-order valence-corrected chi connectivity index (χ1v) is 14.2. The number of rotatable bonds is 11. The van der Waals surface area contributed by atoms with Crippen LogP contribution in [0.5, 0.6) is 0 Å². The molecule has 190 valence electrons. The van der Waals surface area contributed by atoms with E-state index in [0.717, 1.165) is 72.9 Å². The minimum Gasteiger partial charge on any atom is -0.309 e. The number of aryl methyl sites for hydroxylation is 3. The van der Waals surface area contributed by atoms with E-state index in [4.69, 9.17) is 0 Å². The molecular formula is C27H34N6O2S. The summed E-state index contributed by atoms with van der Waals surface area (Å²) in [4.78, 5) is 28.5. The zero-order valence-electron chi connectivity index (χ0n) is 21.1. The molecule has 0 radical (unpaired) electrons. The van der Waals surface area contributed by atoms with E-state index in [-0.39, 0.29) is 17.7 Å². The summed E-state index contributed by atoms with van der Waals surface area (Å²) in [5, 5.41) is 16.5. The Hall–Kier alpha value is -2.81. The topological polar surface area (TPSA) is 94.7 Å². The SMILES string of the molecule is CCn1nc(C)cc1Nc1nncn1[C@H]1CCc2sc(CC(=O)C3CC3)c(C(=O)CCC3CC3)c2C1. The van der Waals surface area contributed by atoms with Gasteiger partial charge in [-0.15, -0.1) is 21.5 Å². The minimum atomic E-state index is 0.158. The van der Waals surface area contributed by atoms with Crippen molar-refractivity contribution in [3.05, 3.63) is 39.0 Å². The van der Waals surface area contributed by atoms with E-state index in [1.54, 1.807) is 17.7 Å². The Morgan fingerprint density at radius 3 is 2.78 bits per heavy atom. The monoisotopic (exact) mass is 506 g/mol. The van der Waals surface area contributed by atoms with Crippen LogP contribution in [0.3, 0.4) is 0 Å². The van der Waals surface area contributed by atoms with Gasteiger partial charge in [0, 0.05) is 52.7 Å². The molecule has 3 aromatic rings. The maximum absolute atomic E-state index is 13.5. The van der Waals surface area contributed by atoms with Crippen LogP contribution in [-0.4, -0.2) is 36.1 Å². The van der Waals surface area contributed by atoms with Crippen molar-refractivity contribution < 1.29 is 9.59 Å². The maximum atomic E-state index is 13.5. The molecule has 0 saturated heterocycles. The molecule has 0 aromatic carbocycles. The van der Waals surface area contributed by atoms with Crippen LogP contribution >= 0.6 is 11.3 Å². The number of nitrogens with one attached hydrogen (secondary N) is 1. The van der Waals surface area contributed by atoms with Gasteiger partial charge in [-0.3, -0.25) is 14.2 Å². The van der Waals surface area contributed by atoms with Crippen LogP contribution in [0.2, 0.25) is 0 Å². The van der Waals surface area contributed by atoms with E-state index in [1.807, 2.05) is 17.7 Å². The summed E-state index contributed by atoms with van der Waals surface area (Å²) in [7, 11) is 0. The third-order valence-electron chi connectivity index (χ3n) is 7.84. The molecule has 0 spiro atoms. The van der Waals surface area contributed by atoms with Crippen LogP contribution in [0, 0.1) is 18.8 Å². The van der Waals surface area contributed by atoms with Gasteiger partial charge in [-0.05, 0) is 63.9 Å². The normalized spacial score (nSPS) is 19.3. The summed E-state index contributed by atoms with van der Waals surface area (Å²) in [6.45, 7) is 4.81. The van der Waals surface area contributed by atoms with E-state index in [1.165, 1.54) is 23.3 Å². The Morgan fingerprint density at radius 2 is 2.03 bits per heavy atom. The molecule has 8 nitrogen and oxygen atoms in total. The van der Waals surface area contributed by atoms with Crippen LogP contribution in [0.1, 0.15) is 89.3 Å². The second kappa shape index (κ2) is 9.57. The first-order chi connectivity index (χ1) is 17.5. The Kier molecular flexibility index (Phi) is 6.27. The van der Waals surface area contributed by atoms with Gasteiger partial charge in [0.15, 0.2) is 5.78 Å². The molecule has 1 atom stereocenters. The molecule has 2 fully saturated rings. The first kappa shape index (κ1) is 23.6. The fourth-order valence-corrected chi connectivity index (χ4v) is 6.86. The summed E-state index contributed by atoms with van der Waals surface area (Å²) in [6, 6.07) is 2.17. The number of Topliss-reactive ketones (excluding diaryl/α,β-unsaturated/α-hetero) is 2. The lowest BCUT2D eigenvalue weighted by atomic mass is 9.88. The minimum absolute atomic E-state index is 0.158. The maximum Gasteiger partial charge on any atom is 0.230 e. The Bertz CT molecular complexity index is 1300. The predicted octanol–water partition coefficient (Wildman–Crippen LogP) is 5.23. The molecule has 0 unspecified atom stereocenters. The van der Waals surface area contributed by atoms with E-state index in [9.17, 15) is 9.59 Å². The summed E-state index contributed by atoms with van der Waals surface area (Å²) in [5.74, 6) is 3.08. The third-order valence-corrected chi connectivity index (χ3v) is 9.13. The molecule has 0 bridgehead atoms. The van der Waals surface area contributed by atoms with Gasteiger partial charge >= 0.3 is 0 Å². The second-order valence-corrected chi connectivity index (χ2v) is 11.9. The number of thiophene rings is 1. The lowest BCUT2D eigenvalue weighted by Gasteiger charge is -2.25. The second-order valence-electron chi connectivity index (χ2n) is 10.7. The smallest absolute Gasteiger partial charge is 0.230 e. The number of hydrogen-bond donors (Lipinski definition) is 1. The molecule has 1 N–H and O–H groups in total. The van der Waals surface area contributed by atoms with Gasteiger partial charge in [-0.1, -0.05) is 12.8 Å². The van der Waals surface area contributed by atoms with Crippen LogP contribution < -0.4 is 5.32 Å². The molecule has 3 aliphatic rings. The van der Waals surface area contributed by atoms with Crippen LogP contribution in [0.15, 0.2) is 12.4 Å². The summed E-state index contributed by atoms with van der Waals surface area (Å²) in [6.07, 6.45) is 11.0. The van der Waals surface area contributed by atoms with E-state index in [0.29, 0.717) is 24.6 Å². The average molecular weight is 507 g/mol. The molecule has 0 aliphatic heterocycles. The highest BCUT2D eigenvalue weighted by atomic mass is 32.1. The molecule has 3 aromatic heterocycles. The molecule has 2 saturated carbocycles. The lowest BCUT2D eigenvalue weighted by molar-refractivity contribution is -0.119. The van der Waals surface area contributed by atoms with Crippen molar-refractivity contribution in [1.82, 2.24) is 24.5 Å². The zero-order valence-corrected chi connectivity index (χ0v) is 21.9. The molecule has 3 heterocycles. The summed E-state index contributed by atoms with van der Waals surface area (Å²) >= 11 is 1.72. The standard InChI is InChI=1S/C27H34N6O2S/c1-3-33-25(12-16(2)31-33)29-27-30-28-15-32(27)19-9-11-23-20(13-19)26(21(34)10-6-17-4-5-17)24(36-23)14-22(35)18-7-8-18/h12,15,17-19H,3-11,13-14H2,1-2H3,(H,29,30)/t19-/m0/s1. The van der Waals surface area contributed by atoms with Crippen LogP contribution in [0.4, 0.5) is 11.8 Å². The average Bonchev–Trinajstić information content (AvgIpc) is 3.78. The molecule has 36 heavy (non-hydrogen) atoms. The molecular weight excluding hydrogens is 472 g/mol. The predicted molar refractivity (Wildman–Crippen MR) is 139 cm³/mol. The van der Waals surface area contributed by atoms with Crippen molar-refractivity contribution in [3.8, 4) is 0 Å². The third kappa shape index (κ3) is 4.77. The molecule has 3 aliphatic carbocycles. The van der Waals surface area contributed by atoms with Crippen molar-refractivity contribution in [2.75, 3.05) is 5.32 Å². The van der Waals surface area contributed by atoms with E-state index < -0.39 is 0 Å². The zero-order chi connectivity index (χ0) is 24.8.